The minimum Gasteiger partial charge on any atom is -0.394 e. The van der Waals surface area contributed by atoms with E-state index in [2.05, 4.69) is 10.2 Å². The molecule has 102 valence electrons. The second-order valence-corrected chi connectivity index (χ2v) is 4.91. The Hall–Kier alpha value is -2.56. The molecule has 0 saturated heterocycles. The van der Waals surface area contributed by atoms with Gasteiger partial charge < -0.3 is 5.73 Å². The third-order valence-corrected chi connectivity index (χ3v) is 3.29. The van der Waals surface area contributed by atoms with Gasteiger partial charge in [0.2, 0.25) is 0 Å². The normalized spacial score (nSPS) is 10.9. The van der Waals surface area contributed by atoms with Gasteiger partial charge in [-0.15, -0.1) is 0 Å². The summed E-state index contributed by atoms with van der Waals surface area (Å²) in [5, 5.41) is 9.05. The molecule has 0 saturated carbocycles. The lowest BCUT2D eigenvalue weighted by Crippen LogP contribution is -2.09. The molecule has 2 heterocycles. The first-order valence-corrected chi connectivity index (χ1v) is 6.52. The predicted octanol–water partition coefficient (Wildman–Crippen LogP) is 2.57. The Labute approximate surface area is 117 Å². The van der Waals surface area contributed by atoms with E-state index < -0.39 is 0 Å². The molecule has 0 aliphatic heterocycles. The average molecular weight is 267 g/mol. The van der Waals surface area contributed by atoms with Crippen molar-refractivity contribution in [2.24, 2.45) is 0 Å². The number of aryl methyl sites for hydroxylation is 3. The summed E-state index contributed by atoms with van der Waals surface area (Å²) in [6.07, 6.45) is 0. The number of rotatable bonds is 2. The van der Waals surface area contributed by atoms with Crippen LogP contribution in [0.4, 0.5) is 5.69 Å². The molecule has 3 rings (SSSR count). The van der Waals surface area contributed by atoms with Crippen LogP contribution in [-0.4, -0.2) is 19.6 Å². The van der Waals surface area contributed by atoms with E-state index in [4.69, 9.17) is 5.73 Å². The first-order chi connectivity index (χ1) is 9.58. The summed E-state index contributed by atoms with van der Waals surface area (Å²) < 4.78 is 3.68. The van der Waals surface area contributed by atoms with E-state index in [1.807, 2.05) is 66.5 Å². The number of hydrogen-bond acceptors (Lipinski definition) is 3. The standard InChI is InChI=1S/C15H17N5/c1-10-9-11(2)19(17-10)15-14(16)12(3)18-20(15)13-7-5-4-6-8-13/h4-9H,16H2,1-3H3. The molecule has 0 bridgehead atoms. The van der Waals surface area contributed by atoms with Crippen molar-refractivity contribution in [1.82, 2.24) is 19.6 Å². The van der Waals surface area contributed by atoms with Crippen molar-refractivity contribution >= 4 is 5.69 Å². The maximum atomic E-state index is 6.21. The average Bonchev–Trinajstić information content (AvgIpc) is 2.91. The second kappa shape index (κ2) is 4.52. The van der Waals surface area contributed by atoms with E-state index in [1.165, 1.54) is 0 Å². The molecule has 0 aliphatic rings. The highest BCUT2D eigenvalue weighted by Crippen LogP contribution is 2.25. The fourth-order valence-corrected chi connectivity index (χ4v) is 2.32. The maximum absolute atomic E-state index is 6.21. The Morgan fingerprint density at radius 2 is 1.65 bits per heavy atom. The van der Waals surface area contributed by atoms with Gasteiger partial charge in [0, 0.05) is 5.69 Å². The molecule has 0 fully saturated rings. The minimum absolute atomic E-state index is 0.653. The summed E-state index contributed by atoms with van der Waals surface area (Å²) in [6, 6.07) is 12.0. The van der Waals surface area contributed by atoms with Crippen molar-refractivity contribution in [2.75, 3.05) is 5.73 Å². The van der Waals surface area contributed by atoms with E-state index in [-0.39, 0.29) is 0 Å². The molecular weight excluding hydrogens is 250 g/mol. The molecule has 2 aromatic heterocycles. The number of aromatic nitrogens is 4. The number of para-hydroxylation sites is 1. The van der Waals surface area contributed by atoms with Gasteiger partial charge in [0.05, 0.1) is 17.1 Å². The van der Waals surface area contributed by atoms with Crippen molar-refractivity contribution in [1.29, 1.82) is 0 Å². The Balaban J connectivity index is 2.28. The quantitative estimate of drug-likeness (QED) is 0.776. The van der Waals surface area contributed by atoms with Crippen LogP contribution in [0, 0.1) is 20.8 Å². The van der Waals surface area contributed by atoms with Crippen LogP contribution < -0.4 is 5.73 Å². The van der Waals surface area contributed by atoms with Gasteiger partial charge >= 0.3 is 0 Å². The molecule has 5 heteroatoms. The molecule has 1 aromatic carbocycles. The molecule has 0 spiro atoms. The molecule has 5 nitrogen and oxygen atoms in total. The first kappa shape index (κ1) is 12.5. The molecule has 0 radical (unpaired) electrons. The lowest BCUT2D eigenvalue weighted by Gasteiger charge is -2.09. The highest BCUT2D eigenvalue weighted by atomic mass is 15.4. The zero-order valence-electron chi connectivity index (χ0n) is 11.8. The van der Waals surface area contributed by atoms with Gasteiger partial charge in [-0.3, -0.25) is 0 Å². The van der Waals surface area contributed by atoms with Crippen LogP contribution >= 0.6 is 0 Å². The fraction of sp³-hybridized carbons (Fsp3) is 0.200. The Morgan fingerprint density at radius 1 is 0.950 bits per heavy atom. The Bertz CT molecular complexity index is 752. The monoisotopic (exact) mass is 267 g/mol. The molecule has 0 atom stereocenters. The minimum atomic E-state index is 0.653. The Morgan fingerprint density at radius 3 is 2.25 bits per heavy atom. The van der Waals surface area contributed by atoms with Crippen LogP contribution in [0.2, 0.25) is 0 Å². The summed E-state index contributed by atoms with van der Waals surface area (Å²) in [6.45, 7) is 5.89. The predicted molar refractivity (Wildman–Crippen MR) is 79.3 cm³/mol. The summed E-state index contributed by atoms with van der Waals surface area (Å²) in [7, 11) is 0. The van der Waals surface area contributed by atoms with Gasteiger partial charge in [0.25, 0.3) is 0 Å². The molecule has 0 amide bonds. The van der Waals surface area contributed by atoms with Crippen LogP contribution in [0.5, 0.6) is 0 Å². The summed E-state index contributed by atoms with van der Waals surface area (Å²) in [5.41, 5.74) is 10.6. The molecule has 0 aliphatic carbocycles. The van der Waals surface area contributed by atoms with Gasteiger partial charge in [-0.2, -0.15) is 10.2 Å². The van der Waals surface area contributed by atoms with Crippen LogP contribution in [0.15, 0.2) is 36.4 Å². The number of anilines is 1. The van der Waals surface area contributed by atoms with Crippen LogP contribution in [0.3, 0.4) is 0 Å². The number of hydrogen-bond donors (Lipinski definition) is 1. The highest BCUT2D eigenvalue weighted by molar-refractivity contribution is 5.60. The molecule has 2 N–H and O–H groups in total. The van der Waals surface area contributed by atoms with Crippen LogP contribution in [-0.2, 0) is 0 Å². The Kier molecular flexibility index (Phi) is 2.82. The van der Waals surface area contributed by atoms with E-state index in [0.29, 0.717) is 5.69 Å². The number of nitrogen functional groups attached to an aromatic ring is 1. The zero-order valence-corrected chi connectivity index (χ0v) is 11.8. The molecule has 20 heavy (non-hydrogen) atoms. The largest absolute Gasteiger partial charge is 0.394 e. The smallest absolute Gasteiger partial charge is 0.180 e. The molecule has 3 aromatic rings. The summed E-state index contributed by atoms with van der Waals surface area (Å²) >= 11 is 0. The van der Waals surface area contributed by atoms with E-state index in [1.54, 1.807) is 0 Å². The van der Waals surface area contributed by atoms with Gasteiger partial charge in [0.15, 0.2) is 5.82 Å². The van der Waals surface area contributed by atoms with E-state index in [9.17, 15) is 0 Å². The topological polar surface area (TPSA) is 61.7 Å². The molecule has 0 unspecified atom stereocenters. The lowest BCUT2D eigenvalue weighted by atomic mass is 10.3. The highest BCUT2D eigenvalue weighted by Gasteiger charge is 2.18. The van der Waals surface area contributed by atoms with E-state index >= 15 is 0 Å². The lowest BCUT2D eigenvalue weighted by molar-refractivity contribution is 0.741. The summed E-state index contributed by atoms with van der Waals surface area (Å²) in [5.74, 6) is 0.791. The van der Waals surface area contributed by atoms with Gasteiger partial charge in [-0.05, 0) is 39.0 Å². The zero-order chi connectivity index (χ0) is 14.3. The number of benzene rings is 1. The van der Waals surface area contributed by atoms with Crippen LogP contribution in [0.1, 0.15) is 17.1 Å². The van der Waals surface area contributed by atoms with E-state index in [0.717, 1.165) is 28.6 Å². The summed E-state index contributed by atoms with van der Waals surface area (Å²) in [4.78, 5) is 0. The van der Waals surface area contributed by atoms with Crippen molar-refractivity contribution in [3.8, 4) is 11.5 Å². The third-order valence-electron chi connectivity index (χ3n) is 3.29. The third kappa shape index (κ3) is 1.87. The van der Waals surface area contributed by atoms with Crippen molar-refractivity contribution in [2.45, 2.75) is 20.8 Å². The van der Waals surface area contributed by atoms with Crippen molar-refractivity contribution in [3.05, 3.63) is 53.5 Å². The number of nitrogens with zero attached hydrogens (tertiary/aromatic N) is 4. The molecular formula is C15H17N5. The van der Waals surface area contributed by atoms with Gasteiger partial charge in [0.1, 0.15) is 5.69 Å². The second-order valence-electron chi connectivity index (χ2n) is 4.91. The number of nitrogens with two attached hydrogens (primary N) is 1. The fourth-order valence-electron chi connectivity index (χ4n) is 2.32. The van der Waals surface area contributed by atoms with Gasteiger partial charge in [-0.1, -0.05) is 18.2 Å². The van der Waals surface area contributed by atoms with Crippen molar-refractivity contribution in [3.63, 3.8) is 0 Å². The first-order valence-electron chi connectivity index (χ1n) is 6.52. The maximum Gasteiger partial charge on any atom is 0.180 e. The van der Waals surface area contributed by atoms with Gasteiger partial charge in [-0.25, -0.2) is 9.36 Å². The SMILES string of the molecule is Cc1cc(C)n(-c2c(N)c(C)nn2-c2ccccc2)n1. The van der Waals surface area contributed by atoms with Crippen LogP contribution in [0.25, 0.3) is 11.5 Å². The van der Waals surface area contributed by atoms with Crippen molar-refractivity contribution < 1.29 is 0 Å².